The molecule has 0 aliphatic heterocycles. The average Bonchev–Trinajstić information content (AvgIpc) is 3.01. The zero-order valence-electron chi connectivity index (χ0n) is 28.3. The molecular formula is C38H71NO4. The van der Waals surface area contributed by atoms with Gasteiger partial charge in [0.1, 0.15) is 6.10 Å². The normalized spacial score (nSPS) is 14.3. The maximum atomic E-state index is 12.4. The topological polar surface area (TPSA) is 89.8 Å². The van der Waals surface area contributed by atoms with Crippen molar-refractivity contribution in [3.05, 3.63) is 36.5 Å². The SMILES string of the molecule is CCCCCCCC/C=C\CCCCC(O)C(=O)NC(CO)C(O)/C=C/CC/C=C/CCCCCCCCCCCCC. The van der Waals surface area contributed by atoms with Crippen molar-refractivity contribution in [2.45, 2.75) is 193 Å². The third-order valence-corrected chi connectivity index (χ3v) is 8.20. The van der Waals surface area contributed by atoms with Gasteiger partial charge in [-0.15, -0.1) is 0 Å². The molecule has 0 aromatic heterocycles. The first-order chi connectivity index (χ1) is 21.1. The molecule has 5 heteroatoms. The molecule has 0 saturated heterocycles. The number of aliphatic hydroxyl groups excluding tert-OH is 3. The Morgan fingerprint density at radius 3 is 1.42 bits per heavy atom. The molecule has 1 amide bonds. The summed E-state index contributed by atoms with van der Waals surface area (Å²) in [6.07, 6.45) is 40.2. The van der Waals surface area contributed by atoms with Crippen LogP contribution in [0.3, 0.4) is 0 Å². The Morgan fingerprint density at radius 1 is 0.558 bits per heavy atom. The lowest BCUT2D eigenvalue weighted by atomic mass is 10.1. The monoisotopic (exact) mass is 606 g/mol. The highest BCUT2D eigenvalue weighted by Gasteiger charge is 2.22. The third kappa shape index (κ3) is 29.1. The lowest BCUT2D eigenvalue weighted by molar-refractivity contribution is -0.131. The van der Waals surface area contributed by atoms with Crippen molar-refractivity contribution in [1.82, 2.24) is 5.32 Å². The smallest absolute Gasteiger partial charge is 0.249 e. The van der Waals surface area contributed by atoms with Gasteiger partial charge in [0.25, 0.3) is 0 Å². The Hall–Kier alpha value is -1.43. The Labute approximate surface area is 266 Å². The Kier molecular flexibility index (Phi) is 32.3. The Morgan fingerprint density at radius 2 is 0.953 bits per heavy atom. The third-order valence-electron chi connectivity index (χ3n) is 8.20. The van der Waals surface area contributed by atoms with Crippen molar-refractivity contribution in [2.24, 2.45) is 0 Å². The van der Waals surface area contributed by atoms with Crippen LogP contribution in [0.15, 0.2) is 36.5 Å². The number of unbranched alkanes of at least 4 members (excludes halogenated alkanes) is 20. The first kappa shape index (κ1) is 41.6. The minimum absolute atomic E-state index is 0.382. The second kappa shape index (κ2) is 33.5. The number of allylic oxidation sites excluding steroid dienone is 5. The van der Waals surface area contributed by atoms with Crippen LogP contribution >= 0.6 is 0 Å². The van der Waals surface area contributed by atoms with Gasteiger partial charge >= 0.3 is 0 Å². The van der Waals surface area contributed by atoms with Crippen LogP contribution < -0.4 is 5.32 Å². The number of carbonyl (C=O) groups excluding carboxylic acids is 1. The van der Waals surface area contributed by atoms with Crippen molar-refractivity contribution < 1.29 is 20.1 Å². The number of amides is 1. The molecule has 0 fully saturated rings. The van der Waals surface area contributed by atoms with Crippen molar-refractivity contribution in [3.8, 4) is 0 Å². The van der Waals surface area contributed by atoms with Gasteiger partial charge in [0, 0.05) is 0 Å². The molecular weight excluding hydrogens is 534 g/mol. The fraction of sp³-hybridized carbons (Fsp3) is 0.816. The predicted molar refractivity (Wildman–Crippen MR) is 185 cm³/mol. The van der Waals surface area contributed by atoms with E-state index in [9.17, 15) is 20.1 Å². The summed E-state index contributed by atoms with van der Waals surface area (Å²) >= 11 is 0. The summed E-state index contributed by atoms with van der Waals surface area (Å²) in [5.41, 5.74) is 0. The zero-order valence-corrected chi connectivity index (χ0v) is 28.3. The lowest BCUT2D eigenvalue weighted by Gasteiger charge is -2.21. The van der Waals surface area contributed by atoms with E-state index in [0.717, 1.165) is 44.9 Å². The van der Waals surface area contributed by atoms with Crippen molar-refractivity contribution in [1.29, 1.82) is 0 Å². The predicted octanol–water partition coefficient (Wildman–Crippen LogP) is 9.65. The molecule has 0 bridgehead atoms. The van der Waals surface area contributed by atoms with E-state index in [4.69, 9.17) is 0 Å². The number of hydrogen-bond acceptors (Lipinski definition) is 4. The van der Waals surface area contributed by atoms with E-state index in [0.29, 0.717) is 6.42 Å². The molecule has 0 radical (unpaired) electrons. The van der Waals surface area contributed by atoms with Gasteiger partial charge in [0.05, 0.1) is 18.8 Å². The minimum Gasteiger partial charge on any atom is -0.394 e. The highest BCUT2D eigenvalue weighted by Crippen LogP contribution is 2.13. The van der Waals surface area contributed by atoms with Gasteiger partial charge in [0.15, 0.2) is 0 Å². The first-order valence-electron chi connectivity index (χ1n) is 18.3. The summed E-state index contributed by atoms with van der Waals surface area (Å²) < 4.78 is 0. The Bertz CT molecular complexity index is 675. The number of carbonyl (C=O) groups is 1. The van der Waals surface area contributed by atoms with Gasteiger partial charge in [-0.2, -0.15) is 0 Å². The van der Waals surface area contributed by atoms with E-state index in [1.54, 1.807) is 6.08 Å². The van der Waals surface area contributed by atoms with Crippen LogP contribution in [0.4, 0.5) is 0 Å². The first-order valence-corrected chi connectivity index (χ1v) is 18.3. The maximum Gasteiger partial charge on any atom is 0.249 e. The molecule has 0 saturated carbocycles. The Balaban J connectivity index is 3.83. The van der Waals surface area contributed by atoms with Gasteiger partial charge in [-0.25, -0.2) is 0 Å². The van der Waals surface area contributed by atoms with Crippen LogP contribution in [0, 0.1) is 0 Å². The molecule has 43 heavy (non-hydrogen) atoms. The van der Waals surface area contributed by atoms with Crippen molar-refractivity contribution in [2.75, 3.05) is 6.61 Å². The summed E-state index contributed by atoms with van der Waals surface area (Å²) in [6.45, 7) is 4.13. The van der Waals surface area contributed by atoms with Gasteiger partial charge in [-0.3, -0.25) is 4.79 Å². The molecule has 4 N–H and O–H groups in total. The van der Waals surface area contributed by atoms with E-state index >= 15 is 0 Å². The molecule has 0 aliphatic carbocycles. The second-order valence-corrected chi connectivity index (χ2v) is 12.4. The van der Waals surface area contributed by atoms with E-state index < -0.39 is 24.2 Å². The summed E-state index contributed by atoms with van der Waals surface area (Å²) in [7, 11) is 0. The molecule has 0 aliphatic rings. The maximum absolute atomic E-state index is 12.4. The fourth-order valence-corrected chi connectivity index (χ4v) is 5.25. The molecule has 5 nitrogen and oxygen atoms in total. The molecule has 0 spiro atoms. The largest absolute Gasteiger partial charge is 0.394 e. The van der Waals surface area contributed by atoms with Gasteiger partial charge in [-0.05, 0) is 57.8 Å². The molecule has 3 unspecified atom stereocenters. The fourth-order valence-electron chi connectivity index (χ4n) is 5.25. The summed E-state index contributed by atoms with van der Waals surface area (Å²) in [5.74, 6) is -0.532. The summed E-state index contributed by atoms with van der Waals surface area (Å²) in [4.78, 5) is 12.4. The number of hydrogen-bond donors (Lipinski definition) is 4. The van der Waals surface area contributed by atoms with Gasteiger partial charge < -0.3 is 20.6 Å². The van der Waals surface area contributed by atoms with E-state index in [2.05, 4.69) is 43.5 Å². The van der Waals surface area contributed by atoms with Crippen LogP contribution in [0.2, 0.25) is 0 Å². The van der Waals surface area contributed by atoms with Crippen LogP contribution in [0.25, 0.3) is 0 Å². The number of aliphatic hydroxyl groups is 3. The van der Waals surface area contributed by atoms with Crippen LogP contribution in [0.5, 0.6) is 0 Å². The van der Waals surface area contributed by atoms with Crippen LogP contribution in [-0.2, 0) is 4.79 Å². The van der Waals surface area contributed by atoms with Gasteiger partial charge in [-0.1, -0.05) is 153 Å². The molecule has 0 heterocycles. The van der Waals surface area contributed by atoms with Crippen LogP contribution in [-0.4, -0.2) is 46.1 Å². The van der Waals surface area contributed by atoms with E-state index in [1.165, 1.54) is 109 Å². The molecule has 0 rings (SSSR count). The van der Waals surface area contributed by atoms with Crippen LogP contribution in [0.1, 0.15) is 174 Å². The molecule has 3 atom stereocenters. The number of nitrogens with one attached hydrogen (secondary N) is 1. The highest BCUT2D eigenvalue weighted by atomic mass is 16.3. The molecule has 0 aromatic rings. The van der Waals surface area contributed by atoms with Crippen molar-refractivity contribution >= 4 is 5.91 Å². The van der Waals surface area contributed by atoms with Gasteiger partial charge in [0.2, 0.25) is 5.91 Å². The second-order valence-electron chi connectivity index (χ2n) is 12.4. The minimum atomic E-state index is -1.12. The standard InChI is InChI=1S/C38H71NO4/c1-3-5-7-9-11-13-15-17-18-19-20-21-23-24-26-28-30-32-36(41)35(34-40)39-38(43)37(42)33-31-29-27-25-22-16-14-12-10-8-6-4-2/h22-25,30,32,35-37,40-42H,3-21,26-29,31,33-34H2,1-2H3,(H,39,43)/b24-23+,25-22-,32-30+. The highest BCUT2D eigenvalue weighted by molar-refractivity contribution is 5.80. The van der Waals surface area contributed by atoms with E-state index in [1.807, 2.05) is 6.08 Å². The average molecular weight is 606 g/mol. The molecule has 0 aromatic carbocycles. The molecule has 252 valence electrons. The van der Waals surface area contributed by atoms with Crippen molar-refractivity contribution in [3.63, 3.8) is 0 Å². The van der Waals surface area contributed by atoms with E-state index in [-0.39, 0.29) is 6.61 Å². The number of rotatable bonds is 32. The summed E-state index contributed by atoms with van der Waals surface area (Å²) in [6, 6.07) is -0.820. The summed E-state index contributed by atoms with van der Waals surface area (Å²) in [5, 5.41) is 32.9. The quantitative estimate of drug-likeness (QED) is 0.0454. The lowest BCUT2D eigenvalue weighted by Crippen LogP contribution is -2.48. The zero-order chi connectivity index (χ0) is 31.6.